The largest absolute Gasteiger partial charge is 0.323 e. The summed E-state index contributed by atoms with van der Waals surface area (Å²) in [5.41, 5.74) is 8.66. The van der Waals surface area contributed by atoms with Crippen LogP contribution in [0.15, 0.2) is 54.6 Å². The van der Waals surface area contributed by atoms with Crippen molar-refractivity contribution >= 4 is 0 Å². The third-order valence-corrected chi connectivity index (χ3v) is 4.30. The lowest BCUT2D eigenvalue weighted by atomic mass is 9.99. The zero-order chi connectivity index (χ0) is 14.7. The maximum absolute atomic E-state index is 12.9. The van der Waals surface area contributed by atoms with E-state index in [9.17, 15) is 4.39 Å². The van der Waals surface area contributed by atoms with Crippen LogP contribution in [0.1, 0.15) is 29.5 Å². The fourth-order valence-corrected chi connectivity index (χ4v) is 3.09. The molecule has 2 atom stereocenters. The van der Waals surface area contributed by atoms with Gasteiger partial charge in [0.15, 0.2) is 0 Å². The van der Waals surface area contributed by atoms with Gasteiger partial charge in [0.1, 0.15) is 5.82 Å². The predicted octanol–water partition coefficient (Wildman–Crippen LogP) is 3.32. The van der Waals surface area contributed by atoms with Crippen molar-refractivity contribution in [3.8, 4) is 0 Å². The van der Waals surface area contributed by atoms with E-state index in [1.165, 1.54) is 24.1 Å². The fraction of sp³-hybridized carbons (Fsp3) is 0.333. The van der Waals surface area contributed by atoms with Crippen molar-refractivity contribution in [2.75, 3.05) is 19.6 Å². The van der Waals surface area contributed by atoms with Crippen molar-refractivity contribution in [2.24, 2.45) is 5.73 Å². The molecule has 1 saturated heterocycles. The summed E-state index contributed by atoms with van der Waals surface area (Å²) in [7, 11) is 0. The number of benzene rings is 2. The van der Waals surface area contributed by atoms with E-state index in [-0.39, 0.29) is 11.9 Å². The van der Waals surface area contributed by atoms with Crippen LogP contribution in [0, 0.1) is 5.82 Å². The number of hydrogen-bond acceptors (Lipinski definition) is 2. The topological polar surface area (TPSA) is 29.3 Å². The molecule has 2 aromatic carbocycles. The van der Waals surface area contributed by atoms with E-state index in [1.54, 1.807) is 12.1 Å². The van der Waals surface area contributed by atoms with Crippen LogP contribution in [0.4, 0.5) is 4.39 Å². The summed E-state index contributed by atoms with van der Waals surface area (Å²) in [6.07, 6.45) is 1.18. The maximum atomic E-state index is 12.9. The molecule has 0 amide bonds. The fourth-order valence-electron chi connectivity index (χ4n) is 3.09. The van der Waals surface area contributed by atoms with Crippen LogP contribution in [-0.4, -0.2) is 24.5 Å². The summed E-state index contributed by atoms with van der Waals surface area (Å²) >= 11 is 0. The molecule has 3 rings (SSSR count). The molecule has 2 aromatic rings. The van der Waals surface area contributed by atoms with Gasteiger partial charge in [-0.2, -0.15) is 0 Å². The molecule has 1 heterocycles. The number of likely N-dealkylation sites (tertiary alicyclic amines) is 1. The normalized spacial score (nSPS) is 20.6. The number of hydrogen-bond donors (Lipinski definition) is 1. The predicted molar refractivity (Wildman–Crippen MR) is 83.6 cm³/mol. The molecule has 0 saturated carbocycles. The van der Waals surface area contributed by atoms with Gasteiger partial charge in [-0.1, -0.05) is 42.5 Å². The van der Waals surface area contributed by atoms with Crippen LogP contribution in [0.3, 0.4) is 0 Å². The molecule has 3 heteroatoms. The highest BCUT2D eigenvalue weighted by atomic mass is 19.1. The average Bonchev–Trinajstić information content (AvgIpc) is 2.97. The molecule has 21 heavy (non-hydrogen) atoms. The van der Waals surface area contributed by atoms with Gasteiger partial charge in [-0.05, 0) is 42.1 Å². The third-order valence-electron chi connectivity index (χ3n) is 4.30. The first-order valence-corrected chi connectivity index (χ1v) is 7.51. The highest BCUT2D eigenvalue weighted by Gasteiger charge is 2.25. The second-order valence-corrected chi connectivity index (χ2v) is 5.81. The Morgan fingerprint density at radius 1 is 1.10 bits per heavy atom. The van der Waals surface area contributed by atoms with Crippen LogP contribution in [0.5, 0.6) is 0 Å². The molecule has 2 N–H and O–H groups in total. The Labute approximate surface area is 125 Å². The van der Waals surface area contributed by atoms with E-state index in [0.717, 1.165) is 25.2 Å². The monoisotopic (exact) mass is 284 g/mol. The minimum absolute atomic E-state index is 0.0554. The van der Waals surface area contributed by atoms with Gasteiger partial charge in [0, 0.05) is 19.1 Å². The molecule has 0 bridgehead atoms. The zero-order valence-corrected chi connectivity index (χ0v) is 12.1. The van der Waals surface area contributed by atoms with Crippen molar-refractivity contribution in [1.82, 2.24) is 4.90 Å². The molecule has 0 radical (unpaired) electrons. The highest BCUT2D eigenvalue weighted by Crippen LogP contribution is 2.28. The second kappa shape index (κ2) is 6.37. The van der Waals surface area contributed by atoms with E-state index >= 15 is 0 Å². The zero-order valence-electron chi connectivity index (χ0n) is 12.1. The summed E-state index contributed by atoms with van der Waals surface area (Å²) in [6.45, 7) is 2.96. The van der Waals surface area contributed by atoms with E-state index in [2.05, 4.69) is 35.2 Å². The van der Waals surface area contributed by atoms with Crippen LogP contribution in [-0.2, 0) is 0 Å². The minimum Gasteiger partial charge on any atom is -0.323 e. The Bertz CT molecular complexity index is 568. The third kappa shape index (κ3) is 3.49. The molecular formula is C18H21FN2. The lowest BCUT2D eigenvalue weighted by Crippen LogP contribution is -2.30. The van der Waals surface area contributed by atoms with E-state index in [4.69, 9.17) is 5.73 Å². The number of nitrogens with two attached hydrogens (primary N) is 1. The van der Waals surface area contributed by atoms with Crippen molar-refractivity contribution in [2.45, 2.75) is 18.4 Å². The molecule has 2 unspecified atom stereocenters. The van der Waals surface area contributed by atoms with Gasteiger partial charge in [-0.3, -0.25) is 0 Å². The first-order valence-electron chi connectivity index (χ1n) is 7.51. The van der Waals surface area contributed by atoms with Gasteiger partial charge in [-0.15, -0.1) is 0 Å². The first-order chi connectivity index (χ1) is 10.2. The summed E-state index contributed by atoms with van der Waals surface area (Å²) in [5, 5.41) is 0. The molecule has 1 aliphatic rings. The first kappa shape index (κ1) is 14.2. The average molecular weight is 284 g/mol. The summed E-state index contributed by atoms with van der Waals surface area (Å²) in [4.78, 5) is 2.41. The summed E-state index contributed by atoms with van der Waals surface area (Å²) in [6, 6.07) is 17.1. The quantitative estimate of drug-likeness (QED) is 0.933. The molecule has 2 nitrogen and oxygen atoms in total. The van der Waals surface area contributed by atoms with Gasteiger partial charge in [0.05, 0.1) is 0 Å². The van der Waals surface area contributed by atoms with Gasteiger partial charge >= 0.3 is 0 Å². The minimum atomic E-state index is -0.212. The summed E-state index contributed by atoms with van der Waals surface area (Å²) in [5.74, 6) is 0.392. The number of rotatable bonds is 4. The standard InChI is InChI=1S/C18H21FN2/c19-17-8-6-15(7-9-17)18(20)13-21-11-10-16(12-21)14-4-2-1-3-5-14/h1-9,16,18H,10-13,20H2. The van der Waals surface area contributed by atoms with Crippen molar-refractivity contribution in [3.63, 3.8) is 0 Å². The Morgan fingerprint density at radius 3 is 2.52 bits per heavy atom. The highest BCUT2D eigenvalue weighted by molar-refractivity contribution is 5.22. The van der Waals surface area contributed by atoms with Crippen LogP contribution >= 0.6 is 0 Å². The van der Waals surface area contributed by atoms with Gasteiger partial charge in [0.2, 0.25) is 0 Å². The molecule has 1 fully saturated rings. The smallest absolute Gasteiger partial charge is 0.123 e. The number of halogens is 1. The van der Waals surface area contributed by atoms with Crippen molar-refractivity contribution < 1.29 is 4.39 Å². The van der Waals surface area contributed by atoms with E-state index in [0.29, 0.717) is 5.92 Å². The molecule has 110 valence electrons. The summed E-state index contributed by atoms with van der Waals surface area (Å²) < 4.78 is 12.9. The Hall–Kier alpha value is -1.71. The van der Waals surface area contributed by atoms with Crippen LogP contribution in [0.25, 0.3) is 0 Å². The van der Waals surface area contributed by atoms with Crippen LogP contribution < -0.4 is 5.73 Å². The maximum Gasteiger partial charge on any atom is 0.123 e. The van der Waals surface area contributed by atoms with Crippen LogP contribution in [0.2, 0.25) is 0 Å². The van der Waals surface area contributed by atoms with Gasteiger partial charge < -0.3 is 10.6 Å². The van der Waals surface area contributed by atoms with E-state index < -0.39 is 0 Å². The SMILES string of the molecule is NC(CN1CCC(c2ccccc2)C1)c1ccc(F)cc1. The Morgan fingerprint density at radius 2 is 1.81 bits per heavy atom. The van der Waals surface area contributed by atoms with Crippen molar-refractivity contribution in [3.05, 3.63) is 71.5 Å². The molecule has 1 aliphatic heterocycles. The molecule has 0 aromatic heterocycles. The van der Waals surface area contributed by atoms with E-state index in [1.807, 2.05) is 0 Å². The second-order valence-electron chi connectivity index (χ2n) is 5.81. The Kier molecular flexibility index (Phi) is 4.32. The number of nitrogens with zero attached hydrogens (tertiary/aromatic N) is 1. The van der Waals surface area contributed by atoms with Crippen molar-refractivity contribution in [1.29, 1.82) is 0 Å². The molecule has 0 aliphatic carbocycles. The lowest BCUT2D eigenvalue weighted by molar-refractivity contribution is 0.312. The molecular weight excluding hydrogens is 263 g/mol. The molecule has 0 spiro atoms. The van der Waals surface area contributed by atoms with Gasteiger partial charge in [0.25, 0.3) is 0 Å². The Balaban J connectivity index is 1.58. The lowest BCUT2D eigenvalue weighted by Gasteiger charge is -2.21. The van der Waals surface area contributed by atoms with Gasteiger partial charge in [-0.25, -0.2) is 4.39 Å².